The molecule has 0 atom stereocenters. The molecule has 0 heterocycles. The highest BCUT2D eigenvalue weighted by atomic mass is 14.5. The van der Waals surface area contributed by atoms with Crippen molar-refractivity contribution in [3.8, 4) is 55.6 Å². The Balaban J connectivity index is 1.13. The molecule has 0 nitrogen and oxygen atoms in total. The van der Waals surface area contributed by atoms with E-state index in [0.29, 0.717) is 0 Å². The third-order valence-corrected chi connectivity index (χ3v) is 14.4. The lowest BCUT2D eigenvalue weighted by atomic mass is 9.69. The number of benzene rings is 12. The van der Waals surface area contributed by atoms with Crippen molar-refractivity contribution >= 4 is 53.9 Å². The maximum atomic E-state index is 2.61. The van der Waals surface area contributed by atoms with Gasteiger partial charge in [0.15, 0.2) is 0 Å². The van der Waals surface area contributed by atoms with E-state index >= 15 is 0 Å². The van der Waals surface area contributed by atoms with Gasteiger partial charge in [0.05, 0.1) is 5.41 Å². The van der Waals surface area contributed by atoms with E-state index in [9.17, 15) is 0 Å². The summed E-state index contributed by atoms with van der Waals surface area (Å²) in [6, 6.07) is 86.8. The van der Waals surface area contributed by atoms with Gasteiger partial charge in [0.25, 0.3) is 0 Å². The van der Waals surface area contributed by atoms with Crippen molar-refractivity contribution in [2.75, 3.05) is 0 Å². The summed E-state index contributed by atoms with van der Waals surface area (Å²) in [4.78, 5) is 0. The molecular formula is C63H38. The van der Waals surface area contributed by atoms with Crippen LogP contribution in [-0.4, -0.2) is 0 Å². The maximum absolute atomic E-state index is 2.61. The molecule has 2 aliphatic rings. The first kappa shape index (κ1) is 34.6. The molecule has 0 aliphatic heterocycles. The van der Waals surface area contributed by atoms with Gasteiger partial charge in [-0.2, -0.15) is 0 Å². The van der Waals surface area contributed by atoms with Crippen LogP contribution in [0, 0.1) is 0 Å². The summed E-state index contributed by atoms with van der Waals surface area (Å²) in [5.74, 6) is 0. The second-order valence-electron chi connectivity index (χ2n) is 17.4. The maximum Gasteiger partial charge on any atom is 0.0726 e. The summed E-state index contributed by atoms with van der Waals surface area (Å²) in [6.07, 6.45) is 0. The fraction of sp³-hybridized carbons (Fsp3) is 0.0159. The molecule has 12 aromatic carbocycles. The van der Waals surface area contributed by atoms with Crippen LogP contribution in [0.3, 0.4) is 0 Å². The predicted molar refractivity (Wildman–Crippen MR) is 267 cm³/mol. The van der Waals surface area contributed by atoms with Crippen LogP contribution in [-0.2, 0) is 5.41 Å². The van der Waals surface area contributed by atoms with Crippen molar-refractivity contribution < 1.29 is 0 Å². The van der Waals surface area contributed by atoms with Gasteiger partial charge in [0.2, 0.25) is 0 Å². The highest BCUT2D eigenvalue weighted by Gasteiger charge is 2.52. The monoisotopic (exact) mass is 794 g/mol. The molecule has 2 aliphatic carbocycles. The summed E-state index contributed by atoms with van der Waals surface area (Å²) in [5, 5.41) is 12.7. The molecule has 0 saturated carbocycles. The summed E-state index contributed by atoms with van der Waals surface area (Å²) in [7, 11) is 0. The highest BCUT2D eigenvalue weighted by molar-refractivity contribution is 6.27. The molecule has 1 spiro atoms. The van der Waals surface area contributed by atoms with Crippen LogP contribution in [0.5, 0.6) is 0 Å². The Bertz CT molecular complexity index is 3800. The zero-order valence-corrected chi connectivity index (χ0v) is 34.4. The topological polar surface area (TPSA) is 0 Å². The summed E-state index contributed by atoms with van der Waals surface area (Å²) >= 11 is 0. The minimum atomic E-state index is -0.494. The van der Waals surface area contributed by atoms with Gasteiger partial charge in [-0.15, -0.1) is 0 Å². The van der Waals surface area contributed by atoms with Gasteiger partial charge < -0.3 is 0 Å². The van der Waals surface area contributed by atoms with E-state index in [1.807, 2.05) is 0 Å². The van der Waals surface area contributed by atoms with E-state index < -0.39 is 5.41 Å². The minimum absolute atomic E-state index is 0.494. The van der Waals surface area contributed by atoms with Gasteiger partial charge in [0.1, 0.15) is 0 Å². The van der Waals surface area contributed by atoms with Crippen molar-refractivity contribution in [3.05, 3.63) is 253 Å². The Kier molecular flexibility index (Phi) is 7.13. The van der Waals surface area contributed by atoms with Crippen LogP contribution in [0.15, 0.2) is 231 Å². The van der Waals surface area contributed by atoms with Crippen LogP contribution in [0.25, 0.3) is 109 Å². The molecule has 0 aromatic heterocycles. The van der Waals surface area contributed by atoms with Crippen molar-refractivity contribution in [2.45, 2.75) is 5.41 Å². The van der Waals surface area contributed by atoms with Crippen molar-refractivity contribution in [1.82, 2.24) is 0 Å². The highest BCUT2D eigenvalue weighted by Crippen LogP contribution is 2.65. The normalized spacial score (nSPS) is 13.2. The van der Waals surface area contributed by atoms with Crippen LogP contribution in [0.2, 0.25) is 0 Å². The van der Waals surface area contributed by atoms with Gasteiger partial charge in [0, 0.05) is 0 Å². The Hall–Kier alpha value is -8.06. The van der Waals surface area contributed by atoms with E-state index in [1.165, 1.54) is 132 Å². The fourth-order valence-electron chi connectivity index (χ4n) is 12.0. The van der Waals surface area contributed by atoms with Crippen LogP contribution in [0.1, 0.15) is 22.3 Å². The van der Waals surface area contributed by atoms with Gasteiger partial charge in [-0.3, -0.25) is 0 Å². The van der Waals surface area contributed by atoms with E-state index in [2.05, 4.69) is 231 Å². The molecule has 0 N–H and O–H groups in total. The summed E-state index contributed by atoms with van der Waals surface area (Å²) in [5.41, 5.74) is 17.8. The average Bonchev–Trinajstić information content (AvgIpc) is 3.81. The largest absolute Gasteiger partial charge is 0.0726 e. The fourth-order valence-corrected chi connectivity index (χ4v) is 12.0. The Labute approximate surface area is 366 Å². The van der Waals surface area contributed by atoms with Gasteiger partial charge in [-0.1, -0.05) is 212 Å². The van der Waals surface area contributed by atoms with Gasteiger partial charge >= 0.3 is 0 Å². The Morgan fingerprint density at radius 2 is 0.619 bits per heavy atom. The molecule has 0 saturated heterocycles. The molecule has 0 fully saturated rings. The number of hydrogen-bond donors (Lipinski definition) is 0. The van der Waals surface area contributed by atoms with Crippen molar-refractivity contribution in [1.29, 1.82) is 0 Å². The standard InChI is InChI=1S/C63H38/c1-2-18-39(19-3-1)42-34-35-53(44-23-7-6-22-43(42)44)60-49-28-10-12-30-51(49)61(52-31-13-11-29-50(52)60)54-38-59-62(48-27-9-8-24-45(48)54)55-36-40-20-4-5-21-41(40)37-58(55)63(59)56-32-16-14-25-46(56)47-26-15-17-33-57(47)63/h1-38H. The second-order valence-corrected chi connectivity index (χ2v) is 17.4. The number of hydrogen-bond acceptors (Lipinski definition) is 0. The van der Waals surface area contributed by atoms with E-state index in [1.54, 1.807) is 0 Å². The molecule has 0 unspecified atom stereocenters. The third-order valence-electron chi connectivity index (χ3n) is 14.4. The summed E-state index contributed by atoms with van der Waals surface area (Å²) < 4.78 is 0. The molecule has 12 aromatic rings. The lowest BCUT2D eigenvalue weighted by molar-refractivity contribution is 0.796. The molecular weight excluding hydrogens is 757 g/mol. The first-order chi connectivity index (χ1) is 31.3. The second kappa shape index (κ2) is 13.0. The van der Waals surface area contributed by atoms with Gasteiger partial charge in [-0.05, 0) is 150 Å². The van der Waals surface area contributed by atoms with E-state index in [4.69, 9.17) is 0 Å². The molecule has 290 valence electrons. The SMILES string of the molecule is c1ccc(-c2ccc(-c3c4ccccc4c(-c4cc5c(c6ccccc46)-c4cc6ccccc6cc4C54c5ccccc5-c5ccccc54)c4ccccc34)c3ccccc23)cc1. The van der Waals surface area contributed by atoms with E-state index in [-0.39, 0.29) is 0 Å². The Morgan fingerprint density at radius 3 is 1.21 bits per heavy atom. The average molecular weight is 795 g/mol. The smallest absolute Gasteiger partial charge is 0.0622 e. The number of rotatable bonds is 3. The molecule has 0 bridgehead atoms. The van der Waals surface area contributed by atoms with Crippen LogP contribution >= 0.6 is 0 Å². The quantitative estimate of drug-likeness (QED) is 0.156. The first-order valence-electron chi connectivity index (χ1n) is 22.1. The molecule has 14 rings (SSSR count). The van der Waals surface area contributed by atoms with Crippen molar-refractivity contribution in [2.24, 2.45) is 0 Å². The molecule has 63 heavy (non-hydrogen) atoms. The number of fused-ring (bicyclic) bond motifs is 16. The zero-order chi connectivity index (χ0) is 41.2. The molecule has 0 heteroatoms. The minimum Gasteiger partial charge on any atom is -0.0622 e. The first-order valence-corrected chi connectivity index (χ1v) is 22.1. The molecule has 0 radical (unpaired) electrons. The summed E-state index contributed by atoms with van der Waals surface area (Å²) in [6.45, 7) is 0. The molecule has 0 amide bonds. The van der Waals surface area contributed by atoms with Crippen LogP contribution in [0.4, 0.5) is 0 Å². The van der Waals surface area contributed by atoms with Crippen molar-refractivity contribution in [3.63, 3.8) is 0 Å². The lowest BCUT2D eigenvalue weighted by Crippen LogP contribution is -2.26. The van der Waals surface area contributed by atoms with Gasteiger partial charge in [-0.25, -0.2) is 0 Å². The predicted octanol–water partition coefficient (Wildman–Crippen LogP) is 16.8. The third kappa shape index (κ3) is 4.60. The zero-order valence-electron chi connectivity index (χ0n) is 34.4. The van der Waals surface area contributed by atoms with Crippen LogP contribution < -0.4 is 0 Å². The van der Waals surface area contributed by atoms with E-state index in [0.717, 1.165) is 0 Å². The Morgan fingerprint density at radius 1 is 0.206 bits per heavy atom. The lowest BCUT2D eigenvalue weighted by Gasteiger charge is -2.31.